The molecule has 21 heavy (non-hydrogen) atoms. The van der Waals surface area contributed by atoms with Crippen LogP contribution in [-0.2, 0) is 9.53 Å². The van der Waals surface area contributed by atoms with Crippen molar-refractivity contribution in [3.05, 3.63) is 0 Å². The number of carbonyl (C=O) groups excluding carboxylic acids is 1. The highest BCUT2D eigenvalue weighted by Gasteiger charge is 2.43. The number of ether oxygens (including phenoxy) is 1. The Balaban J connectivity index is 0. The number of halogens is 2. The molecule has 1 aliphatic heterocycles. The van der Waals surface area contributed by atoms with E-state index >= 15 is 0 Å². The molecule has 0 aromatic carbocycles. The number of hydrogen-bond donors (Lipinski definition) is 0. The summed E-state index contributed by atoms with van der Waals surface area (Å²) in [5.74, 6) is -0.0168. The van der Waals surface area contributed by atoms with Crippen LogP contribution in [0.25, 0.3) is 0 Å². The Bertz CT molecular complexity index is 330. The normalized spacial score (nSPS) is 26.0. The fourth-order valence-electron chi connectivity index (χ4n) is 2.49. The molecule has 1 rings (SSSR count). The third kappa shape index (κ3) is 6.47. The Morgan fingerprint density at radius 3 is 2.24 bits per heavy atom. The van der Waals surface area contributed by atoms with Gasteiger partial charge in [-0.05, 0) is 26.7 Å². The van der Waals surface area contributed by atoms with Crippen LogP contribution in [-0.4, -0.2) is 74.9 Å². The van der Waals surface area contributed by atoms with Gasteiger partial charge in [0, 0.05) is 6.42 Å². The van der Waals surface area contributed by atoms with Crippen molar-refractivity contribution in [2.45, 2.75) is 51.2 Å². The maximum atomic E-state index is 12.3. The molecule has 0 aromatic heterocycles. The van der Waals surface area contributed by atoms with Crippen LogP contribution in [0.1, 0.15) is 33.1 Å². The van der Waals surface area contributed by atoms with Gasteiger partial charge in [0.05, 0.1) is 41.3 Å². The number of rotatable bonds is 4. The van der Waals surface area contributed by atoms with E-state index in [0.29, 0.717) is 18.7 Å². The second kappa shape index (κ2) is 9.22. The van der Waals surface area contributed by atoms with Gasteiger partial charge in [-0.2, -0.15) is 0 Å². The molecule has 1 aliphatic rings. The average molecular weight is 526 g/mol. The highest BCUT2D eigenvalue weighted by atomic mass is 127. The molecule has 1 fully saturated rings. The molecule has 0 bridgehead atoms. The molecule has 6 heteroatoms. The van der Waals surface area contributed by atoms with Crippen molar-refractivity contribution in [2.75, 3.05) is 41.8 Å². The monoisotopic (exact) mass is 526 g/mol. The number of likely N-dealkylation sites (N-methyl/N-ethyl adjacent to an activating group) is 2. The van der Waals surface area contributed by atoms with Gasteiger partial charge in [0.1, 0.15) is 12.6 Å². The smallest absolute Gasteiger partial charge is 0.365 e. The van der Waals surface area contributed by atoms with Gasteiger partial charge < -0.3 is 61.7 Å². The van der Waals surface area contributed by atoms with Crippen molar-refractivity contribution in [2.24, 2.45) is 0 Å². The molecular formula is C15H32I2N2O2. The number of carbonyl (C=O) groups is 1. The van der Waals surface area contributed by atoms with Crippen LogP contribution < -0.4 is 48.0 Å². The van der Waals surface area contributed by atoms with Crippen molar-refractivity contribution in [1.82, 2.24) is 0 Å². The van der Waals surface area contributed by atoms with Crippen LogP contribution in [0.5, 0.6) is 0 Å². The molecule has 0 radical (unpaired) electrons. The lowest BCUT2D eigenvalue weighted by Crippen LogP contribution is -3.00. The Hall–Kier alpha value is 0.850. The number of likely N-dealkylation sites (tertiary alicyclic amines) is 1. The lowest BCUT2D eigenvalue weighted by atomic mass is 9.94. The maximum absolute atomic E-state index is 12.3. The van der Waals surface area contributed by atoms with Crippen molar-refractivity contribution in [3.8, 4) is 0 Å². The van der Waals surface area contributed by atoms with Crippen molar-refractivity contribution in [1.29, 1.82) is 0 Å². The van der Waals surface area contributed by atoms with Gasteiger partial charge >= 0.3 is 5.97 Å². The van der Waals surface area contributed by atoms with E-state index in [4.69, 9.17) is 4.74 Å². The van der Waals surface area contributed by atoms with Crippen LogP contribution >= 0.6 is 0 Å². The molecule has 128 valence electrons. The molecule has 0 saturated carbocycles. The van der Waals surface area contributed by atoms with E-state index in [-0.39, 0.29) is 60.0 Å². The van der Waals surface area contributed by atoms with Gasteiger partial charge in [-0.1, -0.05) is 0 Å². The van der Waals surface area contributed by atoms with E-state index in [9.17, 15) is 4.79 Å². The minimum Gasteiger partial charge on any atom is -1.00 e. The SMILES string of the molecule is CC(COC(=O)C1CCCC(C)[N+]1(C)C)[N+](C)(C)C.[I-].[I-]. The van der Waals surface area contributed by atoms with Crippen LogP contribution in [0.3, 0.4) is 0 Å². The first-order chi connectivity index (χ1) is 8.56. The summed E-state index contributed by atoms with van der Waals surface area (Å²) < 4.78 is 7.16. The number of quaternary nitrogens is 2. The van der Waals surface area contributed by atoms with E-state index in [1.807, 2.05) is 0 Å². The predicted molar refractivity (Wildman–Crippen MR) is 77.7 cm³/mol. The molecule has 0 aromatic rings. The van der Waals surface area contributed by atoms with Gasteiger partial charge in [0.2, 0.25) is 0 Å². The van der Waals surface area contributed by atoms with E-state index in [1.54, 1.807) is 0 Å². The molecule has 1 saturated heterocycles. The van der Waals surface area contributed by atoms with Crippen LogP contribution in [0, 0.1) is 0 Å². The number of piperidine rings is 1. The molecule has 4 nitrogen and oxygen atoms in total. The molecule has 0 amide bonds. The van der Waals surface area contributed by atoms with E-state index in [1.165, 1.54) is 6.42 Å². The Labute approximate surface area is 164 Å². The van der Waals surface area contributed by atoms with E-state index in [2.05, 4.69) is 49.1 Å². The third-order valence-corrected chi connectivity index (χ3v) is 5.10. The standard InChI is InChI=1S/C15H32N2O2.2HI/c1-12-9-8-10-14(17(12,6)7)15(18)19-11-13(2)16(3,4)5;;/h12-14H,8-11H2,1-7H3;2*1H/q+2;;/p-2. The molecular weight excluding hydrogens is 494 g/mol. The highest BCUT2D eigenvalue weighted by Crippen LogP contribution is 2.28. The first-order valence-corrected chi connectivity index (χ1v) is 7.38. The summed E-state index contributed by atoms with van der Waals surface area (Å²) in [6.07, 6.45) is 3.29. The molecule has 0 N–H and O–H groups in total. The van der Waals surface area contributed by atoms with Crippen LogP contribution in [0.2, 0.25) is 0 Å². The van der Waals surface area contributed by atoms with Crippen molar-refractivity contribution < 1.29 is 66.5 Å². The minimum absolute atomic E-state index is 0. The second-order valence-electron chi connectivity index (χ2n) is 7.52. The summed E-state index contributed by atoms with van der Waals surface area (Å²) in [6.45, 7) is 4.86. The maximum Gasteiger partial charge on any atom is 0.365 e. The molecule has 1 heterocycles. The first-order valence-electron chi connectivity index (χ1n) is 7.38. The largest absolute Gasteiger partial charge is 1.00 e. The summed E-state index contributed by atoms with van der Waals surface area (Å²) in [6, 6.07) is 0.853. The van der Waals surface area contributed by atoms with Gasteiger partial charge in [0.15, 0.2) is 6.04 Å². The van der Waals surface area contributed by atoms with E-state index < -0.39 is 0 Å². The second-order valence-corrected chi connectivity index (χ2v) is 7.52. The molecule has 3 atom stereocenters. The first kappa shape index (κ1) is 24.1. The topological polar surface area (TPSA) is 26.3 Å². The van der Waals surface area contributed by atoms with Gasteiger partial charge in [-0.15, -0.1) is 0 Å². The van der Waals surface area contributed by atoms with Gasteiger partial charge in [-0.3, -0.25) is 0 Å². The minimum atomic E-state index is -0.0168. The summed E-state index contributed by atoms with van der Waals surface area (Å²) in [4.78, 5) is 12.3. The quantitative estimate of drug-likeness (QED) is 0.211. The molecule has 3 unspecified atom stereocenters. The summed E-state index contributed by atoms with van der Waals surface area (Å²) in [7, 11) is 10.7. The summed E-state index contributed by atoms with van der Waals surface area (Å²) in [5, 5.41) is 0. The Kier molecular flexibility index (Phi) is 10.6. The lowest BCUT2D eigenvalue weighted by molar-refractivity contribution is -0.934. The Morgan fingerprint density at radius 1 is 1.24 bits per heavy atom. The fraction of sp³-hybridized carbons (Fsp3) is 0.933. The Morgan fingerprint density at radius 2 is 1.76 bits per heavy atom. The van der Waals surface area contributed by atoms with Crippen molar-refractivity contribution in [3.63, 3.8) is 0 Å². The van der Waals surface area contributed by atoms with Crippen LogP contribution in [0.4, 0.5) is 0 Å². The average Bonchev–Trinajstić information content (AvgIpc) is 2.27. The molecule has 0 spiro atoms. The zero-order valence-electron chi connectivity index (χ0n) is 14.5. The molecule has 0 aliphatic carbocycles. The van der Waals surface area contributed by atoms with Crippen molar-refractivity contribution >= 4 is 5.97 Å². The van der Waals surface area contributed by atoms with Crippen LogP contribution in [0.15, 0.2) is 0 Å². The van der Waals surface area contributed by atoms with Gasteiger partial charge in [0.25, 0.3) is 0 Å². The van der Waals surface area contributed by atoms with E-state index in [0.717, 1.165) is 21.8 Å². The number of hydrogen-bond acceptors (Lipinski definition) is 2. The lowest BCUT2D eigenvalue weighted by Gasteiger charge is -2.45. The zero-order chi connectivity index (χ0) is 14.8. The number of nitrogens with zero attached hydrogens (tertiary/aromatic N) is 2. The summed E-state index contributed by atoms with van der Waals surface area (Å²) in [5.41, 5.74) is 0. The zero-order valence-corrected chi connectivity index (χ0v) is 18.8. The number of esters is 1. The van der Waals surface area contributed by atoms with Gasteiger partial charge in [-0.25, -0.2) is 4.79 Å². The fourth-order valence-corrected chi connectivity index (χ4v) is 2.49. The summed E-state index contributed by atoms with van der Waals surface area (Å²) >= 11 is 0. The third-order valence-electron chi connectivity index (χ3n) is 5.10. The highest BCUT2D eigenvalue weighted by molar-refractivity contribution is 5.74. The predicted octanol–water partition coefficient (Wildman–Crippen LogP) is -4.35.